The van der Waals surface area contributed by atoms with Crippen molar-refractivity contribution in [1.82, 2.24) is 15.1 Å². The van der Waals surface area contributed by atoms with Crippen molar-refractivity contribution in [2.45, 2.75) is 176 Å². The molecule has 2 aliphatic rings. The van der Waals surface area contributed by atoms with Gasteiger partial charge in [-0.05, 0) is 248 Å². The Balaban J connectivity index is 0.000000226. The van der Waals surface area contributed by atoms with Crippen LogP contribution in [-0.2, 0) is 41.7 Å². The fourth-order valence-corrected chi connectivity index (χ4v) is 12.8. The number of Topliss-reactive ketones (excluding diaryl/α,β-unsaturated/α-hetero) is 2. The zero-order valence-electron chi connectivity index (χ0n) is 69.3. The van der Waals surface area contributed by atoms with Crippen LogP contribution in [0.1, 0.15) is 217 Å². The van der Waals surface area contributed by atoms with Crippen molar-refractivity contribution in [2.75, 3.05) is 47.4 Å². The number of nitrogens with one attached hydrogen (secondary N) is 5. The zero-order chi connectivity index (χ0) is 91.9. The molecule has 10 rings (SSSR count). The maximum absolute atomic E-state index is 15.4. The van der Waals surface area contributed by atoms with E-state index >= 15 is 17.6 Å². The number of carbonyl (C=O) groups is 9. The van der Waals surface area contributed by atoms with Crippen molar-refractivity contribution in [3.05, 3.63) is 259 Å². The molecule has 8 aromatic rings. The highest BCUT2D eigenvalue weighted by Crippen LogP contribution is 2.42. The molecule has 8 aromatic carbocycles. The average molecular weight is 1730 g/mol. The molecule has 2 saturated heterocycles. The first kappa shape index (κ1) is 98.4. The molecule has 9 N–H and O–H groups in total. The van der Waals surface area contributed by atoms with Gasteiger partial charge in [0, 0.05) is 112 Å². The van der Waals surface area contributed by atoms with Crippen molar-refractivity contribution in [1.29, 1.82) is 0 Å². The summed E-state index contributed by atoms with van der Waals surface area (Å²) in [5, 5.41) is 52.6. The van der Waals surface area contributed by atoms with E-state index in [1.54, 1.807) is 55.4 Å². The topological polar surface area (TPSA) is 301 Å². The molecule has 1 unspecified atom stereocenters. The van der Waals surface area contributed by atoms with E-state index in [0.717, 1.165) is 70.5 Å². The molecule has 0 saturated carbocycles. The molecule has 0 bridgehead atoms. The Bertz CT molecular complexity index is 5230. The van der Waals surface area contributed by atoms with Crippen LogP contribution < -0.4 is 26.6 Å². The van der Waals surface area contributed by atoms with Gasteiger partial charge in [-0.1, -0.05) is 46.8 Å². The molecule has 0 aliphatic carbocycles. The largest absolute Gasteiger partial charge is 0.393 e. The van der Waals surface area contributed by atoms with Gasteiger partial charge in [0.15, 0.2) is 17.7 Å². The van der Waals surface area contributed by atoms with Crippen LogP contribution in [0.15, 0.2) is 146 Å². The fraction of sp³-hybridized carbons (Fsp3) is 0.367. The minimum atomic E-state index is -4.20. The standard InChI is InChI=1S/C24H27F3N2O4.C24H28F3NO3.C23H22F4N2O3.C19H19F3N2O3/c1-3-21(31)18-6-4-15(22(32)28-16-5-7-20(25)14(2)12-16)13-19(18)24(26,27)23(33)29-10-8-17(30)9-11-29;1-6-20(29)17-9-7-15(22(31)28-16-8-10-19(25)14(2)11-16)12-18(17)24(26,27)21(30)13-23(3,4)5;1-13-11-17(4-6-19(13)24)28-21(31)16-3-5-20(25)18(12-16)23(26,27)22(32)29-9-7-15(8-10-29)14(2)30;1-19(2,3)24-18(27)16(25)12-8-10(4-6-13(12)20)17(26)23-11-5-7-14(21)15(22)9-11/h4-7,12-13,17,21,30-31H,3,8-11H2,1-2H3,(H,28,32);7-12,20,29H,6,13H2,1-5H3,(H,28,31);3-6,11-12,15H,7-10H2,1-2H3,(H,28,31);4-9,16,25H,1-3H3,(H,23,26)(H,24,27)/t21-;20-;;/m00../s1. The number of nitrogens with zero attached hydrogens (tertiary/aromatic N) is 2. The summed E-state index contributed by atoms with van der Waals surface area (Å²) < 4.78 is 186. The zero-order valence-corrected chi connectivity index (χ0v) is 69.3. The second-order valence-electron chi connectivity index (χ2n) is 31.9. The molecule has 3 atom stereocenters. The summed E-state index contributed by atoms with van der Waals surface area (Å²) in [6.07, 6.45) is -4.06. The van der Waals surface area contributed by atoms with E-state index in [4.69, 9.17) is 0 Å². The first-order valence-electron chi connectivity index (χ1n) is 39.0. The highest BCUT2D eigenvalue weighted by atomic mass is 19.3. The van der Waals surface area contributed by atoms with E-state index in [-0.39, 0.29) is 144 Å². The lowest BCUT2D eigenvalue weighted by Crippen LogP contribution is -2.47. The number of carbonyl (C=O) groups excluding carboxylic acids is 9. The SMILES string of the molecule is CC(=O)C1CCN(C(=O)C(F)(F)c2cc(C(=O)Nc3ccc(F)c(C)c3)ccc2F)CC1.CC(C)(C)NC(=O)C(O)c1cc(C(=O)Nc2ccc(F)c(F)c2)ccc1F.CC[C@H](O)c1ccc(C(=O)Nc2ccc(F)c(C)c2)cc1C(F)(F)C(=O)CC(C)(C)C.CC[C@H](O)c1ccc(C(=O)Nc2ccc(F)c(C)c2)cc1C(F)(F)C(=O)N1CCC(O)CC1. The first-order chi connectivity index (χ1) is 57.3. The van der Waals surface area contributed by atoms with E-state index in [2.05, 4.69) is 26.6 Å². The summed E-state index contributed by atoms with van der Waals surface area (Å²) in [6.45, 7) is 19.2. The highest BCUT2D eigenvalue weighted by molar-refractivity contribution is 6.07. The quantitative estimate of drug-likeness (QED) is 0.0286. The number of halogens is 13. The average Bonchev–Trinajstić information content (AvgIpc) is 0.778. The van der Waals surface area contributed by atoms with Gasteiger partial charge in [0.1, 0.15) is 34.9 Å². The number of benzene rings is 8. The van der Waals surface area contributed by atoms with Crippen LogP contribution in [0.2, 0.25) is 0 Å². The number of ketones is 2. The Hall–Kier alpha value is -11.7. The van der Waals surface area contributed by atoms with Gasteiger partial charge in [-0.25, -0.2) is 30.7 Å². The molecule has 2 heterocycles. The monoisotopic (exact) mass is 1730 g/mol. The maximum atomic E-state index is 15.4. The van der Waals surface area contributed by atoms with Crippen LogP contribution in [0.25, 0.3) is 0 Å². The molecule has 20 nitrogen and oxygen atoms in total. The second kappa shape index (κ2) is 41.5. The molecule has 660 valence electrons. The van der Waals surface area contributed by atoms with Gasteiger partial charge in [0.2, 0.25) is 5.78 Å². The predicted molar refractivity (Wildman–Crippen MR) is 433 cm³/mol. The van der Waals surface area contributed by atoms with E-state index in [0.29, 0.717) is 28.9 Å². The van der Waals surface area contributed by atoms with Crippen LogP contribution in [0.5, 0.6) is 0 Å². The van der Waals surface area contributed by atoms with Crippen molar-refractivity contribution >= 4 is 75.7 Å². The molecule has 7 amide bonds. The van der Waals surface area contributed by atoms with Gasteiger partial charge in [0.25, 0.3) is 41.4 Å². The van der Waals surface area contributed by atoms with E-state index in [1.165, 1.54) is 100 Å². The molecule has 0 spiro atoms. The molecule has 2 aliphatic heterocycles. The Kier molecular flexibility index (Phi) is 33.2. The number of aryl methyl sites for hydroxylation is 3. The Morgan fingerprint density at radius 2 is 0.740 bits per heavy atom. The molecule has 33 heteroatoms. The van der Waals surface area contributed by atoms with Crippen LogP contribution in [0.4, 0.5) is 79.8 Å². The number of aliphatic hydroxyl groups excluding tert-OH is 4. The summed E-state index contributed by atoms with van der Waals surface area (Å²) in [5.74, 6) is -26.2. The number of piperidine rings is 2. The minimum Gasteiger partial charge on any atom is -0.393 e. The van der Waals surface area contributed by atoms with Crippen molar-refractivity contribution in [3.63, 3.8) is 0 Å². The van der Waals surface area contributed by atoms with Crippen molar-refractivity contribution in [2.24, 2.45) is 11.3 Å². The van der Waals surface area contributed by atoms with Crippen LogP contribution in [0, 0.1) is 72.8 Å². The number of amides is 7. The normalized spacial score (nSPS) is 14.2. The third-order valence-electron chi connectivity index (χ3n) is 19.8. The highest BCUT2D eigenvalue weighted by Gasteiger charge is 2.50. The van der Waals surface area contributed by atoms with Gasteiger partial charge in [0.05, 0.1) is 23.9 Å². The lowest BCUT2D eigenvalue weighted by molar-refractivity contribution is -0.161. The van der Waals surface area contributed by atoms with Gasteiger partial charge in [-0.3, -0.25) is 43.2 Å². The molecule has 123 heavy (non-hydrogen) atoms. The maximum Gasteiger partial charge on any atom is 0.352 e. The number of hydrogen-bond donors (Lipinski definition) is 9. The van der Waals surface area contributed by atoms with Gasteiger partial charge in [-0.15, -0.1) is 0 Å². The number of hydrogen-bond acceptors (Lipinski definition) is 13. The van der Waals surface area contributed by atoms with Gasteiger partial charge in [-0.2, -0.15) is 26.3 Å². The van der Waals surface area contributed by atoms with Crippen LogP contribution in [-0.4, -0.2) is 121 Å². The number of rotatable bonds is 22. The molecular formula is C90H96F13N7O13. The van der Waals surface area contributed by atoms with E-state index < -0.39 is 158 Å². The van der Waals surface area contributed by atoms with Gasteiger partial charge < -0.3 is 56.8 Å². The Morgan fingerprint density at radius 3 is 1.11 bits per heavy atom. The summed E-state index contributed by atoms with van der Waals surface area (Å²) >= 11 is 0. The summed E-state index contributed by atoms with van der Waals surface area (Å²) in [7, 11) is 0. The summed E-state index contributed by atoms with van der Waals surface area (Å²) in [4.78, 5) is 113. The summed E-state index contributed by atoms with van der Waals surface area (Å²) in [6, 6.07) is 26.9. The van der Waals surface area contributed by atoms with Gasteiger partial charge >= 0.3 is 17.8 Å². The van der Waals surface area contributed by atoms with Crippen molar-refractivity contribution < 1.29 is 121 Å². The predicted octanol–water partition coefficient (Wildman–Crippen LogP) is 17.6. The number of alkyl halides is 6. The summed E-state index contributed by atoms with van der Waals surface area (Å²) in [5.41, 5.74) is -3.42. The van der Waals surface area contributed by atoms with Crippen molar-refractivity contribution in [3.8, 4) is 0 Å². The lowest BCUT2D eigenvalue weighted by atomic mass is 9.84. The van der Waals surface area contributed by atoms with E-state index in [9.17, 15) is 103 Å². The fourth-order valence-electron chi connectivity index (χ4n) is 12.8. The number of likely N-dealkylation sites (tertiary alicyclic amines) is 2. The van der Waals surface area contributed by atoms with E-state index in [1.807, 2.05) is 0 Å². The minimum absolute atomic E-state index is 0.00389. The lowest BCUT2D eigenvalue weighted by Gasteiger charge is -2.33. The first-order valence-corrected chi connectivity index (χ1v) is 39.0. The molecule has 0 radical (unpaired) electrons. The van der Waals surface area contributed by atoms with Crippen LogP contribution in [0.3, 0.4) is 0 Å². The number of anilines is 4. The van der Waals surface area contributed by atoms with Crippen LogP contribution >= 0.6 is 0 Å². The third-order valence-corrected chi connectivity index (χ3v) is 19.8. The molecule has 0 aromatic heterocycles. The smallest absolute Gasteiger partial charge is 0.352 e. The molecule has 2 fully saturated rings. The third kappa shape index (κ3) is 26.2. The Labute approximate surface area is 701 Å². The number of aliphatic hydroxyl groups is 4. The molecular weight excluding hydrogens is 1630 g/mol. The Morgan fingerprint density at radius 1 is 0.407 bits per heavy atom. The second-order valence-corrected chi connectivity index (χ2v) is 31.9.